The van der Waals surface area contributed by atoms with Crippen LogP contribution in [0.25, 0.3) is 0 Å². The molecule has 1 aromatic rings. The van der Waals surface area contributed by atoms with E-state index in [9.17, 15) is 9.90 Å². The number of rotatable bonds is 8. The smallest absolute Gasteiger partial charge is 0.313 e. The third kappa shape index (κ3) is 6.03. The van der Waals surface area contributed by atoms with Crippen LogP contribution in [0.1, 0.15) is 95.4 Å². The second kappa shape index (κ2) is 9.43. The van der Waals surface area contributed by atoms with Crippen molar-refractivity contribution in [2.75, 3.05) is 6.61 Å². The molecular weight excluding hydrogens is 324 g/mol. The van der Waals surface area contributed by atoms with Gasteiger partial charge >= 0.3 is 5.97 Å². The zero-order valence-electron chi connectivity index (χ0n) is 18.0. The Morgan fingerprint density at radius 3 is 2.23 bits per heavy atom. The Bertz CT molecular complexity index is 609. The first kappa shape index (κ1) is 22.5. The maximum absolute atomic E-state index is 12.5. The first-order valence-corrected chi connectivity index (χ1v) is 9.97. The highest BCUT2D eigenvalue weighted by molar-refractivity contribution is 5.79. The first-order valence-electron chi connectivity index (χ1n) is 9.97. The summed E-state index contributed by atoms with van der Waals surface area (Å²) in [7, 11) is 0. The molecule has 0 aliphatic carbocycles. The monoisotopic (exact) mass is 362 g/mol. The van der Waals surface area contributed by atoms with E-state index in [1.807, 2.05) is 26.8 Å². The third-order valence-corrected chi connectivity index (χ3v) is 5.20. The number of carbonyl (C=O) groups excluding carboxylic acids is 1. The molecule has 3 nitrogen and oxygen atoms in total. The molecule has 1 atom stereocenters. The van der Waals surface area contributed by atoms with Crippen molar-refractivity contribution < 1.29 is 14.6 Å². The van der Waals surface area contributed by atoms with Crippen molar-refractivity contribution in [1.82, 2.24) is 0 Å². The highest BCUT2D eigenvalue weighted by Gasteiger charge is 2.26. The van der Waals surface area contributed by atoms with Gasteiger partial charge in [0.05, 0.1) is 12.5 Å². The fourth-order valence-corrected chi connectivity index (χ4v) is 3.21. The van der Waals surface area contributed by atoms with E-state index in [1.165, 1.54) is 12.8 Å². The van der Waals surface area contributed by atoms with Crippen LogP contribution in [0, 0.1) is 19.8 Å². The van der Waals surface area contributed by atoms with Gasteiger partial charge in [-0.25, -0.2) is 0 Å². The highest BCUT2D eigenvalue weighted by Crippen LogP contribution is 2.38. The van der Waals surface area contributed by atoms with Crippen molar-refractivity contribution in [3.05, 3.63) is 28.3 Å². The van der Waals surface area contributed by atoms with Crippen LogP contribution in [0.5, 0.6) is 5.75 Å². The van der Waals surface area contributed by atoms with Gasteiger partial charge in [0.2, 0.25) is 0 Å². The van der Waals surface area contributed by atoms with Gasteiger partial charge in [0.1, 0.15) is 5.75 Å². The lowest BCUT2D eigenvalue weighted by atomic mass is 9.80. The molecule has 0 saturated carbocycles. The van der Waals surface area contributed by atoms with Crippen molar-refractivity contribution in [1.29, 1.82) is 0 Å². The van der Waals surface area contributed by atoms with Crippen molar-refractivity contribution in [2.24, 2.45) is 5.92 Å². The van der Waals surface area contributed by atoms with Gasteiger partial charge < -0.3 is 9.84 Å². The van der Waals surface area contributed by atoms with Crippen LogP contribution in [-0.2, 0) is 14.9 Å². The summed E-state index contributed by atoms with van der Waals surface area (Å²) in [5, 5.41) is 10.5. The molecule has 0 saturated heterocycles. The van der Waals surface area contributed by atoms with Crippen LogP contribution in [0.3, 0.4) is 0 Å². The minimum absolute atomic E-state index is 0.179. The van der Waals surface area contributed by atoms with Crippen molar-refractivity contribution in [3.8, 4) is 5.75 Å². The lowest BCUT2D eigenvalue weighted by Gasteiger charge is -2.25. The van der Waals surface area contributed by atoms with Crippen LogP contribution in [0.15, 0.2) is 6.07 Å². The second-order valence-corrected chi connectivity index (χ2v) is 8.99. The summed E-state index contributed by atoms with van der Waals surface area (Å²) in [6, 6.07) is 1.98. The van der Waals surface area contributed by atoms with Crippen LogP contribution in [0.4, 0.5) is 0 Å². The summed E-state index contributed by atoms with van der Waals surface area (Å²) in [4.78, 5) is 12.5. The standard InChI is InChI=1S/C23H38O3/c1-15(2)12-10-9-11-13-26-22(25)18(5)19-14-20(23(6,7)8)21(24)17(4)16(19)3/h14-15,18,24H,9-13H2,1-8H3. The predicted octanol–water partition coefficient (Wildman–Crippen LogP) is 6.17. The van der Waals surface area contributed by atoms with Crippen LogP contribution >= 0.6 is 0 Å². The molecule has 1 N–H and O–H groups in total. The van der Waals surface area contributed by atoms with E-state index in [-0.39, 0.29) is 17.3 Å². The average molecular weight is 363 g/mol. The number of phenols is 1. The summed E-state index contributed by atoms with van der Waals surface area (Å²) < 4.78 is 5.51. The van der Waals surface area contributed by atoms with Crippen LogP contribution < -0.4 is 0 Å². The summed E-state index contributed by atoms with van der Waals surface area (Å²) in [5.41, 5.74) is 3.47. The molecule has 3 heteroatoms. The number of benzene rings is 1. The number of unbranched alkanes of at least 4 members (excludes halogenated alkanes) is 2. The van der Waals surface area contributed by atoms with E-state index in [2.05, 4.69) is 34.6 Å². The van der Waals surface area contributed by atoms with E-state index in [4.69, 9.17) is 4.74 Å². The molecule has 26 heavy (non-hydrogen) atoms. The number of hydrogen-bond donors (Lipinski definition) is 1. The van der Waals surface area contributed by atoms with E-state index in [0.29, 0.717) is 12.4 Å². The summed E-state index contributed by atoms with van der Waals surface area (Å²) in [6.07, 6.45) is 4.44. The Kier molecular flexibility index (Phi) is 8.17. The molecule has 1 rings (SSSR count). The number of esters is 1. The molecule has 0 spiro atoms. The summed E-state index contributed by atoms with van der Waals surface area (Å²) in [5.74, 6) is 0.563. The lowest BCUT2D eigenvalue weighted by Crippen LogP contribution is -2.18. The van der Waals surface area contributed by atoms with E-state index >= 15 is 0 Å². The van der Waals surface area contributed by atoms with Crippen LogP contribution in [-0.4, -0.2) is 17.7 Å². The number of phenolic OH excluding ortho intramolecular Hbond substituents is 1. The van der Waals surface area contributed by atoms with Gasteiger partial charge in [0.25, 0.3) is 0 Å². The molecule has 0 fully saturated rings. The minimum Gasteiger partial charge on any atom is -0.507 e. The van der Waals surface area contributed by atoms with Gasteiger partial charge in [-0.15, -0.1) is 0 Å². The zero-order valence-corrected chi connectivity index (χ0v) is 18.0. The van der Waals surface area contributed by atoms with Gasteiger partial charge in [-0.2, -0.15) is 0 Å². The SMILES string of the molecule is Cc1c(C(C)C(=O)OCCCCCC(C)C)cc(C(C)(C)C)c(O)c1C. The Morgan fingerprint density at radius 2 is 1.69 bits per heavy atom. The first-order chi connectivity index (χ1) is 12.0. The lowest BCUT2D eigenvalue weighted by molar-refractivity contribution is -0.145. The molecule has 0 aliphatic rings. The Labute approximate surface area is 160 Å². The Hall–Kier alpha value is -1.51. The molecule has 148 valence electrons. The number of aromatic hydroxyl groups is 1. The summed E-state index contributed by atoms with van der Waals surface area (Å²) >= 11 is 0. The summed E-state index contributed by atoms with van der Waals surface area (Å²) in [6.45, 7) is 16.9. The fraction of sp³-hybridized carbons (Fsp3) is 0.696. The quantitative estimate of drug-likeness (QED) is 0.444. The zero-order chi connectivity index (χ0) is 20.1. The average Bonchev–Trinajstić information content (AvgIpc) is 2.53. The molecule has 0 aliphatic heterocycles. The molecule has 1 unspecified atom stereocenters. The van der Waals surface area contributed by atoms with Crippen LogP contribution in [0.2, 0.25) is 0 Å². The van der Waals surface area contributed by atoms with E-state index < -0.39 is 0 Å². The number of hydrogen-bond acceptors (Lipinski definition) is 3. The number of ether oxygens (including phenoxy) is 1. The topological polar surface area (TPSA) is 46.5 Å². The molecule has 0 heterocycles. The second-order valence-electron chi connectivity index (χ2n) is 8.99. The molecular formula is C23H38O3. The maximum Gasteiger partial charge on any atom is 0.313 e. The Morgan fingerprint density at radius 1 is 1.08 bits per heavy atom. The van der Waals surface area contributed by atoms with Gasteiger partial charge in [0.15, 0.2) is 0 Å². The Balaban J connectivity index is 2.78. The van der Waals surface area contributed by atoms with E-state index in [0.717, 1.165) is 41.0 Å². The predicted molar refractivity (Wildman–Crippen MR) is 109 cm³/mol. The molecule has 0 bridgehead atoms. The van der Waals surface area contributed by atoms with Gasteiger partial charge in [-0.05, 0) is 60.8 Å². The van der Waals surface area contributed by atoms with Gasteiger partial charge in [-0.3, -0.25) is 4.79 Å². The minimum atomic E-state index is -0.328. The van der Waals surface area contributed by atoms with Crippen molar-refractivity contribution in [3.63, 3.8) is 0 Å². The highest BCUT2D eigenvalue weighted by atomic mass is 16.5. The van der Waals surface area contributed by atoms with Gasteiger partial charge in [-0.1, -0.05) is 59.9 Å². The molecule has 0 radical (unpaired) electrons. The largest absolute Gasteiger partial charge is 0.507 e. The third-order valence-electron chi connectivity index (χ3n) is 5.20. The fourth-order valence-electron chi connectivity index (χ4n) is 3.21. The van der Waals surface area contributed by atoms with Crippen molar-refractivity contribution >= 4 is 5.97 Å². The van der Waals surface area contributed by atoms with Gasteiger partial charge in [0, 0.05) is 0 Å². The van der Waals surface area contributed by atoms with E-state index in [1.54, 1.807) is 0 Å². The maximum atomic E-state index is 12.5. The molecule has 0 aromatic heterocycles. The van der Waals surface area contributed by atoms with Crippen molar-refractivity contribution in [2.45, 2.75) is 92.4 Å². The molecule has 1 aromatic carbocycles. The normalized spacial score (nSPS) is 13.1. The number of carbonyl (C=O) groups is 1. The molecule has 0 amide bonds.